The van der Waals surface area contributed by atoms with Crippen molar-refractivity contribution in [1.82, 2.24) is 24.0 Å². The molecule has 2 aliphatic rings. The molecule has 0 radical (unpaired) electrons. The summed E-state index contributed by atoms with van der Waals surface area (Å²) in [5, 5.41) is 8.73. The smallest absolute Gasteiger partial charge is 0.403 e. The SMILES string of the molecule is Cc1cc(N2C[C@H]3CC[C@@H](C2)C3Nc2nc3c(OCC(C(F)(F)F)C(F)(F)F)nccn3n2)sn1. The van der Waals surface area contributed by atoms with Gasteiger partial charge in [0.2, 0.25) is 11.6 Å². The molecule has 1 saturated carbocycles. The number of ether oxygens (including phenoxy) is 1. The molecule has 190 valence electrons. The molecule has 1 aliphatic carbocycles. The molecule has 3 atom stereocenters. The average Bonchev–Trinajstić information content (AvgIpc) is 3.42. The maximum Gasteiger partial charge on any atom is 0.403 e. The van der Waals surface area contributed by atoms with Crippen molar-refractivity contribution < 1.29 is 31.1 Å². The Balaban J connectivity index is 1.30. The van der Waals surface area contributed by atoms with E-state index in [9.17, 15) is 26.3 Å². The van der Waals surface area contributed by atoms with Crippen molar-refractivity contribution in [2.45, 2.75) is 38.2 Å². The van der Waals surface area contributed by atoms with E-state index in [0.717, 1.165) is 36.6 Å². The van der Waals surface area contributed by atoms with Crippen LogP contribution in [0.2, 0.25) is 0 Å². The summed E-state index contributed by atoms with van der Waals surface area (Å²) in [6.07, 6.45) is -6.39. The van der Waals surface area contributed by atoms with E-state index >= 15 is 0 Å². The van der Waals surface area contributed by atoms with Gasteiger partial charge in [0.15, 0.2) is 5.92 Å². The third kappa shape index (κ3) is 4.82. The van der Waals surface area contributed by atoms with Crippen LogP contribution in [0.3, 0.4) is 0 Å². The van der Waals surface area contributed by atoms with Crippen molar-refractivity contribution in [3.63, 3.8) is 0 Å². The van der Waals surface area contributed by atoms with Crippen molar-refractivity contribution in [2.75, 3.05) is 29.9 Å². The summed E-state index contributed by atoms with van der Waals surface area (Å²) in [5.41, 5.74) is 0.915. The first kappa shape index (κ1) is 23.9. The van der Waals surface area contributed by atoms with Crippen LogP contribution in [0.15, 0.2) is 18.5 Å². The highest BCUT2D eigenvalue weighted by Crippen LogP contribution is 2.41. The maximum atomic E-state index is 12.8. The first-order valence-electron chi connectivity index (χ1n) is 10.9. The molecular weight excluding hydrogens is 500 g/mol. The van der Waals surface area contributed by atoms with Crippen LogP contribution in [0.4, 0.5) is 37.3 Å². The number of aromatic nitrogens is 5. The van der Waals surface area contributed by atoms with Crippen molar-refractivity contribution in [3.8, 4) is 5.88 Å². The molecule has 1 saturated heterocycles. The summed E-state index contributed by atoms with van der Waals surface area (Å²) in [6, 6.07) is 2.16. The Morgan fingerprint density at radius 1 is 1.14 bits per heavy atom. The average molecular weight is 521 g/mol. The number of hydrogen-bond acceptors (Lipinski definition) is 8. The summed E-state index contributed by atoms with van der Waals surface area (Å²) >= 11 is 1.47. The van der Waals surface area contributed by atoms with Crippen molar-refractivity contribution in [1.29, 1.82) is 0 Å². The molecule has 0 aromatic carbocycles. The van der Waals surface area contributed by atoms with E-state index in [-0.39, 0.29) is 17.6 Å². The molecule has 2 fully saturated rings. The summed E-state index contributed by atoms with van der Waals surface area (Å²) in [5.74, 6) is -3.22. The van der Waals surface area contributed by atoms with Gasteiger partial charge in [-0.1, -0.05) is 0 Å². The van der Waals surface area contributed by atoms with E-state index in [1.807, 2.05) is 6.92 Å². The number of nitrogens with zero attached hydrogens (tertiary/aromatic N) is 6. The van der Waals surface area contributed by atoms with Crippen LogP contribution in [-0.2, 0) is 0 Å². The summed E-state index contributed by atoms with van der Waals surface area (Å²) in [7, 11) is 0. The van der Waals surface area contributed by atoms with Gasteiger partial charge in [0.1, 0.15) is 11.6 Å². The summed E-state index contributed by atoms with van der Waals surface area (Å²) in [6.45, 7) is 1.98. The van der Waals surface area contributed by atoms with Crippen LogP contribution >= 0.6 is 11.5 Å². The van der Waals surface area contributed by atoms with E-state index in [1.54, 1.807) is 0 Å². The largest absolute Gasteiger partial charge is 0.474 e. The van der Waals surface area contributed by atoms with E-state index in [4.69, 9.17) is 4.74 Å². The standard InChI is InChI=1S/C20H21F6N7OS/c1-10-6-14(35-31-10)32-7-11-2-3-12(8-32)15(11)28-18-29-16-17(27-4-5-33(16)30-18)34-9-13(19(21,22)23)20(24,25)26/h4-6,11-13,15H,2-3,7-9H2,1H3,(H,28,30)/t11-,12+,15?. The van der Waals surface area contributed by atoms with E-state index in [0.29, 0.717) is 11.8 Å². The lowest BCUT2D eigenvalue weighted by atomic mass is 9.92. The number of rotatable bonds is 6. The molecule has 35 heavy (non-hydrogen) atoms. The molecule has 8 nitrogen and oxygen atoms in total. The van der Waals surface area contributed by atoms with Crippen LogP contribution in [0.25, 0.3) is 5.65 Å². The van der Waals surface area contributed by atoms with Gasteiger partial charge >= 0.3 is 12.4 Å². The fraction of sp³-hybridized carbons (Fsp3) is 0.600. The summed E-state index contributed by atoms with van der Waals surface area (Å²) in [4.78, 5) is 10.4. The molecule has 3 aromatic heterocycles. The minimum atomic E-state index is -5.50. The van der Waals surface area contributed by atoms with Crippen molar-refractivity contribution in [3.05, 3.63) is 24.2 Å². The molecular formula is C20H21F6N7OS. The van der Waals surface area contributed by atoms with Gasteiger partial charge in [-0.3, -0.25) is 0 Å². The minimum Gasteiger partial charge on any atom is -0.474 e. The zero-order valence-corrected chi connectivity index (χ0v) is 19.2. The Labute approximate surface area is 199 Å². The molecule has 5 rings (SSSR count). The lowest BCUT2D eigenvalue weighted by Gasteiger charge is -2.38. The number of piperidine rings is 1. The van der Waals surface area contributed by atoms with Gasteiger partial charge in [0, 0.05) is 31.5 Å². The molecule has 0 amide bonds. The first-order chi connectivity index (χ1) is 16.5. The zero-order valence-electron chi connectivity index (χ0n) is 18.3. The fourth-order valence-electron chi connectivity index (χ4n) is 4.78. The normalized spacial score (nSPS) is 22.9. The zero-order chi connectivity index (χ0) is 25.0. The van der Waals surface area contributed by atoms with Gasteiger partial charge in [-0.05, 0) is 49.2 Å². The monoisotopic (exact) mass is 521 g/mol. The van der Waals surface area contributed by atoms with E-state index < -0.39 is 30.8 Å². The molecule has 3 aromatic rings. The Morgan fingerprint density at radius 3 is 2.43 bits per heavy atom. The molecule has 2 bridgehead atoms. The van der Waals surface area contributed by atoms with Gasteiger partial charge in [-0.25, -0.2) is 9.50 Å². The maximum absolute atomic E-state index is 12.8. The van der Waals surface area contributed by atoms with E-state index in [1.165, 1.54) is 28.4 Å². The quantitative estimate of drug-likeness (QED) is 0.484. The number of aryl methyl sites for hydroxylation is 1. The first-order valence-corrected chi connectivity index (χ1v) is 11.7. The highest BCUT2D eigenvalue weighted by molar-refractivity contribution is 7.10. The van der Waals surface area contributed by atoms with Gasteiger partial charge in [0.05, 0.1) is 5.69 Å². The van der Waals surface area contributed by atoms with Gasteiger partial charge in [-0.15, -0.1) is 5.10 Å². The predicted molar refractivity (Wildman–Crippen MR) is 115 cm³/mol. The number of nitrogens with one attached hydrogen (secondary N) is 1. The highest BCUT2D eigenvalue weighted by atomic mass is 32.1. The minimum absolute atomic E-state index is 0.0667. The topological polar surface area (TPSA) is 80.5 Å². The van der Waals surface area contributed by atoms with E-state index in [2.05, 4.69) is 35.7 Å². The predicted octanol–water partition coefficient (Wildman–Crippen LogP) is 4.34. The van der Waals surface area contributed by atoms with Crippen molar-refractivity contribution >= 4 is 28.1 Å². The molecule has 1 aliphatic heterocycles. The van der Waals surface area contributed by atoms with Crippen LogP contribution in [0, 0.1) is 24.7 Å². The Bertz CT molecular complexity index is 1170. The number of alkyl halides is 6. The van der Waals surface area contributed by atoms with Crippen LogP contribution < -0.4 is 15.0 Å². The second-order valence-corrected chi connectivity index (χ2v) is 9.65. The Morgan fingerprint density at radius 2 is 1.83 bits per heavy atom. The molecule has 0 spiro atoms. The Kier molecular flexibility index (Phi) is 5.92. The lowest BCUT2D eigenvalue weighted by molar-refractivity contribution is -0.289. The molecule has 15 heteroatoms. The van der Waals surface area contributed by atoms with Crippen molar-refractivity contribution in [2.24, 2.45) is 17.8 Å². The van der Waals surface area contributed by atoms with Crippen LogP contribution in [-0.4, -0.2) is 62.0 Å². The summed E-state index contributed by atoms with van der Waals surface area (Å²) < 4.78 is 87.5. The van der Waals surface area contributed by atoms with Gasteiger partial charge < -0.3 is 15.0 Å². The second kappa shape index (κ2) is 8.68. The fourth-order valence-corrected chi connectivity index (χ4v) is 5.56. The number of fused-ring (bicyclic) bond motifs is 3. The number of anilines is 2. The van der Waals surface area contributed by atoms with Gasteiger partial charge in [0.25, 0.3) is 5.88 Å². The Hall–Kier alpha value is -2.84. The third-order valence-electron chi connectivity index (χ3n) is 6.46. The third-order valence-corrected chi connectivity index (χ3v) is 7.40. The lowest BCUT2D eigenvalue weighted by Crippen LogP contribution is -2.48. The van der Waals surface area contributed by atoms with Gasteiger partial charge in [-0.2, -0.15) is 35.7 Å². The number of halogens is 6. The molecule has 1 N–H and O–H groups in total. The highest BCUT2D eigenvalue weighted by Gasteiger charge is 2.57. The molecule has 4 heterocycles. The van der Waals surface area contributed by atoms with Crippen LogP contribution in [0.5, 0.6) is 5.88 Å². The van der Waals surface area contributed by atoms with Crippen LogP contribution in [0.1, 0.15) is 18.5 Å². The number of hydrogen-bond donors (Lipinski definition) is 1. The molecule has 1 unspecified atom stereocenters. The second-order valence-electron chi connectivity index (χ2n) is 8.86.